The van der Waals surface area contributed by atoms with Crippen molar-refractivity contribution in [2.24, 2.45) is 5.84 Å². The van der Waals surface area contributed by atoms with Gasteiger partial charge in [0.25, 0.3) is 0 Å². The predicted molar refractivity (Wildman–Crippen MR) is 71.8 cm³/mol. The van der Waals surface area contributed by atoms with Crippen LogP contribution in [0.4, 0.5) is 0 Å². The summed E-state index contributed by atoms with van der Waals surface area (Å²) in [4.78, 5) is 0. The van der Waals surface area contributed by atoms with Crippen LogP contribution >= 0.6 is 0 Å². The zero-order valence-corrected chi connectivity index (χ0v) is 12.0. The van der Waals surface area contributed by atoms with Crippen LogP contribution < -0.4 is 11.3 Å². The molecule has 0 aromatic carbocycles. The maximum Gasteiger partial charge on any atom is 0.150 e. The molecule has 0 amide bonds. The SMILES string of the molecule is CCS(=O)(=O)CCCC(NN)c1cc(C)oc1C. The molecule has 0 aliphatic heterocycles. The Hall–Kier alpha value is -0.850. The van der Waals surface area contributed by atoms with Gasteiger partial charge in [-0.3, -0.25) is 11.3 Å². The Bertz CT molecular complexity index is 480. The van der Waals surface area contributed by atoms with E-state index in [1.165, 1.54) is 0 Å². The number of nitrogens with one attached hydrogen (secondary N) is 1. The minimum atomic E-state index is -2.90. The van der Waals surface area contributed by atoms with E-state index in [1.54, 1.807) is 6.92 Å². The van der Waals surface area contributed by atoms with Crippen molar-refractivity contribution in [3.63, 3.8) is 0 Å². The van der Waals surface area contributed by atoms with Crippen molar-refractivity contribution < 1.29 is 12.8 Å². The average Bonchev–Trinajstić information content (AvgIpc) is 2.64. The quantitative estimate of drug-likeness (QED) is 0.583. The summed E-state index contributed by atoms with van der Waals surface area (Å²) in [7, 11) is -2.90. The fourth-order valence-electron chi connectivity index (χ4n) is 1.98. The number of sulfone groups is 1. The zero-order chi connectivity index (χ0) is 13.8. The molecule has 0 fully saturated rings. The molecule has 1 unspecified atom stereocenters. The van der Waals surface area contributed by atoms with Gasteiger partial charge in [-0.2, -0.15) is 0 Å². The van der Waals surface area contributed by atoms with E-state index in [9.17, 15) is 8.42 Å². The van der Waals surface area contributed by atoms with Crippen LogP contribution in [0, 0.1) is 13.8 Å². The first-order chi connectivity index (χ1) is 8.39. The predicted octanol–water partition coefficient (Wildman–Crippen LogP) is 1.62. The van der Waals surface area contributed by atoms with Crippen molar-refractivity contribution in [2.75, 3.05) is 11.5 Å². The Morgan fingerprint density at radius 2 is 2.11 bits per heavy atom. The highest BCUT2D eigenvalue weighted by molar-refractivity contribution is 7.91. The number of rotatable bonds is 7. The van der Waals surface area contributed by atoms with E-state index in [0.29, 0.717) is 12.8 Å². The first-order valence-electron chi connectivity index (χ1n) is 6.13. The van der Waals surface area contributed by atoms with Gasteiger partial charge in [-0.25, -0.2) is 8.42 Å². The van der Waals surface area contributed by atoms with Gasteiger partial charge >= 0.3 is 0 Å². The number of hydrogen-bond donors (Lipinski definition) is 2. The van der Waals surface area contributed by atoms with E-state index in [-0.39, 0.29) is 17.5 Å². The molecule has 0 aliphatic carbocycles. The molecule has 1 rings (SSSR count). The lowest BCUT2D eigenvalue weighted by molar-refractivity contribution is 0.471. The summed E-state index contributed by atoms with van der Waals surface area (Å²) in [6.45, 7) is 5.43. The molecular weight excluding hydrogens is 252 g/mol. The van der Waals surface area contributed by atoms with Crippen molar-refractivity contribution in [1.82, 2.24) is 5.43 Å². The van der Waals surface area contributed by atoms with E-state index in [4.69, 9.17) is 10.3 Å². The second-order valence-corrected chi connectivity index (χ2v) is 6.94. The summed E-state index contributed by atoms with van der Waals surface area (Å²) in [6.07, 6.45) is 1.27. The largest absolute Gasteiger partial charge is 0.466 e. The molecule has 0 saturated heterocycles. The van der Waals surface area contributed by atoms with Crippen LogP contribution in [0.2, 0.25) is 0 Å². The summed E-state index contributed by atoms with van der Waals surface area (Å²) >= 11 is 0. The van der Waals surface area contributed by atoms with E-state index < -0.39 is 9.84 Å². The van der Waals surface area contributed by atoms with E-state index in [1.807, 2.05) is 19.9 Å². The first-order valence-corrected chi connectivity index (χ1v) is 7.95. The molecule has 0 spiro atoms. The van der Waals surface area contributed by atoms with Gasteiger partial charge in [0.1, 0.15) is 21.4 Å². The number of furan rings is 1. The minimum absolute atomic E-state index is 0.0606. The number of nitrogens with two attached hydrogens (primary N) is 1. The molecule has 1 heterocycles. The molecule has 0 aliphatic rings. The molecule has 3 N–H and O–H groups in total. The van der Waals surface area contributed by atoms with E-state index in [0.717, 1.165) is 17.1 Å². The third kappa shape index (κ3) is 4.12. The first kappa shape index (κ1) is 15.2. The Kier molecular flexibility index (Phi) is 5.37. The Labute approximate surface area is 109 Å². The van der Waals surface area contributed by atoms with Crippen LogP contribution in [0.25, 0.3) is 0 Å². The fraction of sp³-hybridized carbons (Fsp3) is 0.667. The van der Waals surface area contributed by atoms with Crippen LogP contribution in [0.1, 0.15) is 42.9 Å². The third-order valence-electron chi connectivity index (χ3n) is 3.04. The van der Waals surface area contributed by atoms with Crippen molar-refractivity contribution in [3.05, 3.63) is 23.2 Å². The van der Waals surface area contributed by atoms with Gasteiger partial charge in [0.2, 0.25) is 0 Å². The molecule has 104 valence electrons. The molecule has 18 heavy (non-hydrogen) atoms. The second-order valence-electron chi connectivity index (χ2n) is 4.47. The van der Waals surface area contributed by atoms with Gasteiger partial charge in [-0.1, -0.05) is 6.92 Å². The Balaban J connectivity index is 2.61. The highest BCUT2D eigenvalue weighted by atomic mass is 32.2. The molecule has 5 nitrogen and oxygen atoms in total. The Morgan fingerprint density at radius 3 is 2.56 bits per heavy atom. The summed E-state index contributed by atoms with van der Waals surface area (Å²) < 4.78 is 28.3. The number of hydrazine groups is 1. The molecular formula is C12H22N2O3S. The molecule has 6 heteroatoms. The maximum absolute atomic E-state index is 11.4. The van der Waals surface area contributed by atoms with Crippen LogP contribution in [0.5, 0.6) is 0 Å². The number of aryl methyl sites for hydroxylation is 2. The van der Waals surface area contributed by atoms with Crippen LogP contribution in [0.3, 0.4) is 0 Å². The van der Waals surface area contributed by atoms with Gasteiger partial charge in [-0.05, 0) is 32.8 Å². The highest BCUT2D eigenvalue weighted by Gasteiger charge is 2.17. The summed E-state index contributed by atoms with van der Waals surface area (Å²) in [6, 6.07) is 1.88. The average molecular weight is 274 g/mol. The van der Waals surface area contributed by atoms with Gasteiger partial charge in [0.05, 0.1) is 5.75 Å². The van der Waals surface area contributed by atoms with E-state index in [2.05, 4.69) is 5.43 Å². The van der Waals surface area contributed by atoms with Gasteiger partial charge in [0.15, 0.2) is 0 Å². The summed E-state index contributed by atoms with van der Waals surface area (Å²) in [5.74, 6) is 7.59. The monoisotopic (exact) mass is 274 g/mol. The minimum Gasteiger partial charge on any atom is -0.466 e. The molecule has 0 radical (unpaired) electrons. The normalized spacial score (nSPS) is 13.8. The smallest absolute Gasteiger partial charge is 0.150 e. The molecule has 0 saturated carbocycles. The second kappa shape index (κ2) is 6.36. The molecule has 1 atom stereocenters. The van der Waals surface area contributed by atoms with Crippen molar-refractivity contribution in [1.29, 1.82) is 0 Å². The highest BCUT2D eigenvalue weighted by Crippen LogP contribution is 2.24. The van der Waals surface area contributed by atoms with Crippen LogP contribution in [-0.4, -0.2) is 19.9 Å². The van der Waals surface area contributed by atoms with Crippen molar-refractivity contribution >= 4 is 9.84 Å². The lowest BCUT2D eigenvalue weighted by atomic mass is 10.0. The molecule has 1 aromatic heterocycles. The Morgan fingerprint density at radius 1 is 1.44 bits per heavy atom. The zero-order valence-electron chi connectivity index (χ0n) is 11.2. The topological polar surface area (TPSA) is 85.3 Å². The fourth-order valence-corrected chi connectivity index (χ4v) is 2.87. The van der Waals surface area contributed by atoms with Crippen molar-refractivity contribution in [2.45, 2.75) is 39.7 Å². The van der Waals surface area contributed by atoms with Crippen LogP contribution in [0.15, 0.2) is 10.5 Å². The van der Waals surface area contributed by atoms with E-state index >= 15 is 0 Å². The lowest BCUT2D eigenvalue weighted by Crippen LogP contribution is -2.28. The lowest BCUT2D eigenvalue weighted by Gasteiger charge is -2.14. The number of hydrogen-bond acceptors (Lipinski definition) is 5. The molecule has 0 bridgehead atoms. The van der Waals surface area contributed by atoms with Crippen LogP contribution in [-0.2, 0) is 9.84 Å². The van der Waals surface area contributed by atoms with Gasteiger partial charge < -0.3 is 4.42 Å². The third-order valence-corrected chi connectivity index (χ3v) is 4.83. The molecule has 1 aromatic rings. The van der Waals surface area contributed by atoms with Gasteiger partial charge in [-0.15, -0.1) is 0 Å². The standard InChI is InChI=1S/C12H22N2O3S/c1-4-18(15,16)7-5-6-12(14-13)11-8-9(2)17-10(11)3/h8,12,14H,4-7,13H2,1-3H3. The maximum atomic E-state index is 11.4. The summed E-state index contributed by atoms with van der Waals surface area (Å²) in [5, 5.41) is 0. The summed E-state index contributed by atoms with van der Waals surface area (Å²) in [5.41, 5.74) is 3.73. The van der Waals surface area contributed by atoms with Crippen molar-refractivity contribution in [3.8, 4) is 0 Å². The van der Waals surface area contributed by atoms with Gasteiger partial charge in [0, 0.05) is 17.4 Å².